The van der Waals surface area contributed by atoms with Gasteiger partial charge in [0.05, 0.1) is 14.3 Å². The van der Waals surface area contributed by atoms with Crippen LogP contribution in [0.2, 0.25) is 0 Å². The van der Waals surface area contributed by atoms with Crippen LogP contribution in [0.5, 0.6) is 11.8 Å². The van der Waals surface area contributed by atoms with E-state index in [2.05, 4.69) is 61.9 Å². The maximum atomic E-state index is 12.3. The summed E-state index contributed by atoms with van der Waals surface area (Å²) in [5.74, 6) is -2.12. The summed E-state index contributed by atoms with van der Waals surface area (Å²) in [5.41, 5.74) is 0. The van der Waals surface area contributed by atoms with Crippen molar-refractivity contribution in [2.45, 2.75) is 12.4 Å². The van der Waals surface area contributed by atoms with Gasteiger partial charge in [0, 0.05) is 0 Å². The van der Waals surface area contributed by atoms with Gasteiger partial charge in [-0.15, -0.1) is 11.3 Å². The number of alkyl halides is 6. The van der Waals surface area contributed by atoms with Gasteiger partial charge in [0.15, 0.2) is 13.2 Å². The third-order valence-corrected chi connectivity index (χ3v) is 5.00. The number of aromatic nitrogens is 2. The van der Waals surface area contributed by atoms with Crippen LogP contribution < -0.4 is 20.1 Å². The van der Waals surface area contributed by atoms with Crippen LogP contribution in [0.15, 0.2) is 20.4 Å². The largest absolute Gasteiger partial charge is 0.468 e. The van der Waals surface area contributed by atoms with Crippen LogP contribution in [0.25, 0.3) is 0 Å². The Morgan fingerprint density at radius 2 is 1.48 bits per heavy atom. The van der Waals surface area contributed by atoms with Gasteiger partial charge in [-0.25, -0.2) is 4.79 Å². The van der Waals surface area contributed by atoms with Crippen molar-refractivity contribution in [2.24, 2.45) is 0 Å². The normalized spacial score (nSPS) is 11.9. The van der Waals surface area contributed by atoms with Crippen LogP contribution in [0, 0.1) is 0 Å². The second kappa shape index (κ2) is 9.34. The van der Waals surface area contributed by atoms with Gasteiger partial charge in [0.25, 0.3) is 0 Å². The van der Waals surface area contributed by atoms with Crippen LogP contribution in [0.3, 0.4) is 0 Å². The molecule has 2 amide bonds. The summed E-state index contributed by atoms with van der Waals surface area (Å²) in [6.45, 7) is -3.52. The molecule has 2 N–H and O–H groups in total. The molecule has 0 saturated heterocycles. The van der Waals surface area contributed by atoms with Gasteiger partial charge in [-0.05, 0) is 37.9 Å². The Hall–Kier alpha value is -1.81. The lowest BCUT2D eigenvalue weighted by molar-refractivity contribution is -0.154. The maximum Gasteiger partial charge on any atom is 0.422 e. The quantitative estimate of drug-likeness (QED) is 0.440. The van der Waals surface area contributed by atoms with Gasteiger partial charge in [-0.3, -0.25) is 10.6 Å². The fourth-order valence-corrected chi connectivity index (χ4v) is 4.00. The molecule has 2 aromatic rings. The van der Waals surface area contributed by atoms with E-state index in [-0.39, 0.29) is 0 Å². The summed E-state index contributed by atoms with van der Waals surface area (Å²) >= 11 is 7.53. The Morgan fingerprint density at radius 1 is 0.966 bits per heavy atom. The molecule has 2 heterocycles. The zero-order valence-corrected chi connectivity index (χ0v) is 17.6. The smallest absolute Gasteiger partial charge is 0.422 e. The SMILES string of the molecule is O=C(Nc1nc(OCC(F)(F)F)cc(OCC(F)(F)F)n1)Nc1sc(Br)cc1Br. The van der Waals surface area contributed by atoms with E-state index in [1.165, 1.54) is 0 Å². The number of nitrogens with zero attached hydrogens (tertiary/aromatic N) is 2. The summed E-state index contributed by atoms with van der Waals surface area (Å²) in [6, 6.07) is 1.37. The molecule has 0 aliphatic rings. The summed E-state index contributed by atoms with van der Waals surface area (Å²) in [4.78, 5) is 19.0. The summed E-state index contributed by atoms with van der Waals surface area (Å²) in [5, 5.41) is 4.85. The van der Waals surface area contributed by atoms with Crippen molar-refractivity contribution in [1.82, 2.24) is 9.97 Å². The van der Waals surface area contributed by atoms with Gasteiger partial charge in [-0.2, -0.15) is 36.3 Å². The highest BCUT2D eigenvalue weighted by molar-refractivity contribution is 9.11. The number of thiophene rings is 1. The van der Waals surface area contributed by atoms with E-state index in [0.717, 1.165) is 11.3 Å². The molecule has 7 nitrogen and oxygen atoms in total. The predicted octanol–water partition coefficient (Wildman–Crippen LogP) is 5.59. The summed E-state index contributed by atoms with van der Waals surface area (Å²) in [6.07, 6.45) is -9.44. The van der Waals surface area contributed by atoms with Gasteiger partial charge >= 0.3 is 18.4 Å². The van der Waals surface area contributed by atoms with E-state index in [1.54, 1.807) is 6.07 Å². The van der Waals surface area contributed by atoms with Crippen molar-refractivity contribution in [3.63, 3.8) is 0 Å². The molecule has 29 heavy (non-hydrogen) atoms. The number of ether oxygens (including phenoxy) is 2. The molecule has 0 aliphatic heterocycles. The number of amides is 2. The molecule has 0 fully saturated rings. The number of nitrogens with one attached hydrogen (secondary N) is 2. The first-order valence-electron chi connectivity index (χ1n) is 7.12. The molecular weight excluding hydrogens is 566 g/mol. The number of hydrogen-bond acceptors (Lipinski definition) is 6. The van der Waals surface area contributed by atoms with Gasteiger partial charge < -0.3 is 9.47 Å². The molecule has 0 aromatic carbocycles. The molecule has 160 valence electrons. The van der Waals surface area contributed by atoms with E-state index in [1.807, 2.05) is 0 Å². The van der Waals surface area contributed by atoms with Crippen LogP contribution >= 0.6 is 43.2 Å². The lowest BCUT2D eigenvalue weighted by Gasteiger charge is -2.13. The molecule has 0 bridgehead atoms. The Morgan fingerprint density at radius 3 is 1.90 bits per heavy atom. The predicted molar refractivity (Wildman–Crippen MR) is 97.5 cm³/mol. The van der Waals surface area contributed by atoms with Crippen molar-refractivity contribution in [2.75, 3.05) is 23.8 Å². The zero-order valence-electron chi connectivity index (χ0n) is 13.6. The number of rotatable bonds is 6. The minimum atomic E-state index is -4.72. The van der Waals surface area contributed by atoms with Crippen molar-refractivity contribution in [3.8, 4) is 11.8 Å². The first-order valence-corrected chi connectivity index (χ1v) is 9.52. The fourth-order valence-electron chi connectivity index (χ4n) is 1.58. The Bertz CT molecular complexity index is 841. The topological polar surface area (TPSA) is 85.4 Å². The van der Waals surface area contributed by atoms with E-state index in [9.17, 15) is 31.1 Å². The molecule has 2 aromatic heterocycles. The van der Waals surface area contributed by atoms with Crippen LogP contribution in [-0.2, 0) is 0 Å². The lowest BCUT2D eigenvalue weighted by Crippen LogP contribution is -2.23. The van der Waals surface area contributed by atoms with E-state index >= 15 is 0 Å². The van der Waals surface area contributed by atoms with E-state index in [4.69, 9.17) is 0 Å². The standard InChI is InChI=1S/C13H8Br2F6N4O3S/c14-5-1-6(15)29-9(5)24-11(26)25-10-22-7(27-3-12(16,17)18)2-8(23-10)28-4-13(19,20)21/h1-2H,3-4H2,(H2,22,23,24,25,26). The van der Waals surface area contributed by atoms with Crippen molar-refractivity contribution in [1.29, 1.82) is 0 Å². The zero-order chi connectivity index (χ0) is 21.8. The number of urea groups is 1. The van der Waals surface area contributed by atoms with Crippen molar-refractivity contribution >= 4 is 60.2 Å². The highest BCUT2D eigenvalue weighted by atomic mass is 79.9. The fraction of sp³-hybridized carbons (Fsp3) is 0.308. The minimum absolute atomic E-state index is 0.368. The average Bonchev–Trinajstić information content (AvgIpc) is 2.87. The summed E-state index contributed by atoms with van der Waals surface area (Å²) < 4.78 is 83.8. The Kier molecular flexibility index (Phi) is 7.56. The molecule has 0 radical (unpaired) electrons. The number of hydrogen-bond donors (Lipinski definition) is 2. The Labute approximate surface area is 179 Å². The highest BCUT2D eigenvalue weighted by Gasteiger charge is 2.30. The van der Waals surface area contributed by atoms with E-state index < -0.39 is 49.3 Å². The van der Waals surface area contributed by atoms with Crippen LogP contribution in [0.4, 0.5) is 42.1 Å². The van der Waals surface area contributed by atoms with Gasteiger partial charge in [-0.1, -0.05) is 0 Å². The molecule has 16 heteroatoms. The first-order chi connectivity index (χ1) is 13.3. The molecule has 0 aliphatic carbocycles. The third-order valence-electron chi connectivity index (χ3n) is 2.56. The molecule has 0 spiro atoms. The van der Waals surface area contributed by atoms with Gasteiger partial charge in [0.2, 0.25) is 17.7 Å². The molecular formula is C13H8Br2F6N4O3S. The highest BCUT2D eigenvalue weighted by Crippen LogP contribution is 2.35. The van der Waals surface area contributed by atoms with Crippen molar-refractivity contribution < 1.29 is 40.6 Å². The molecule has 0 atom stereocenters. The third kappa shape index (κ3) is 8.61. The Balaban J connectivity index is 2.16. The number of anilines is 2. The number of carbonyl (C=O) groups excluding carboxylic acids is 1. The van der Waals surface area contributed by atoms with Crippen LogP contribution in [0.1, 0.15) is 0 Å². The first kappa shape index (κ1) is 23.5. The average molecular weight is 574 g/mol. The summed E-state index contributed by atoms with van der Waals surface area (Å²) in [7, 11) is 0. The second-order valence-corrected chi connectivity index (χ2v) is 8.27. The monoisotopic (exact) mass is 572 g/mol. The molecule has 0 unspecified atom stereocenters. The second-order valence-electron chi connectivity index (χ2n) is 4.98. The number of halogens is 8. The number of carbonyl (C=O) groups is 1. The van der Waals surface area contributed by atoms with Gasteiger partial charge in [0.1, 0.15) is 5.00 Å². The van der Waals surface area contributed by atoms with Crippen LogP contribution in [-0.4, -0.2) is 41.6 Å². The lowest BCUT2D eigenvalue weighted by atomic mass is 10.5. The molecule has 2 rings (SSSR count). The van der Waals surface area contributed by atoms with Crippen molar-refractivity contribution in [3.05, 3.63) is 20.4 Å². The minimum Gasteiger partial charge on any atom is -0.468 e. The molecule has 0 saturated carbocycles. The van der Waals surface area contributed by atoms with E-state index in [0.29, 0.717) is 19.3 Å². The maximum absolute atomic E-state index is 12.3.